The molecule has 0 saturated heterocycles. The summed E-state index contributed by atoms with van der Waals surface area (Å²) in [6.07, 6.45) is 2.25. The standard InChI is InChI=1S/C12H12O3/c1-14-12(13)7-9-6-10-4-2-3-5-11(10)15-8-9/h2-5,7H,6,8H2,1H3/b9-7+. The van der Waals surface area contributed by atoms with E-state index in [0.29, 0.717) is 6.61 Å². The van der Waals surface area contributed by atoms with Crippen molar-refractivity contribution in [3.63, 3.8) is 0 Å². The van der Waals surface area contributed by atoms with Crippen molar-refractivity contribution >= 4 is 5.97 Å². The lowest BCUT2D eigenvalue weighted by molar-refractivity contribution is -0.134. The van der Waals surface area contributed by atoms with Crippen LogP contribution in [0.3, 0.4) is 0 Å². The summed E-state index contributed by atoms with van der Waals surface area (Å²) in [7, 11) is 1.37. The summed E-state index contributed by atoms with van der Waals surface area (Å²) in [6, 6.07) is 7.83. The van der Waals surface area contributed by atoms with Crippen molar-refractivity contribution in [1.29, 1.82) is 0 Å². The summed E-state index contributed by atoms with van der Waals surface area (Å²) < 4.78 is 10.1. The molecule has 0 amide bonds. The molecule has 15 heavy (non-hydrogen) atoms. The fraction of sp³-hybridized carbons (Fsp3) is 0.250. The third kappa shape index (κ3) is 2.18. The third-order valence-electron chi connectivity index (χ3n) is 2.33. The first-order valence-electron chi connectivity index (χ1n) is 4.77. The van der Waals surface area contributed by atoms with E-state index in [2.05, 4.69) is 4.74 Å². The molecule has 3 nitrogen and oxygen atoms in total. The van der Waals surface area contributed by atoms with Gasteiger partial charge in [0.1, 0.15) is 12.4 Å². The van der Waals surface area contributed by atoms with Crippen LogP contribution in [-0.4, -0.2) is 19.7 Å². The van der Waals surface area contributed by atoms with Crippen LogP contribution in [0.5, 0.6) is 5.75 Å². The fourth-order valence-corrected chi connectivity index (χ4v) is 1.58. The van der Waals surface area contributed by atoms with Gasteiger partial charge in [0.05, 0.1) is 7.11 Å². The molecule has 78 valence electrons. The molecule has 0 radical (unpaired) electrons. The van der Waals surface area contributed by atoms with E-state index in [1.54, 1.807) is 0 Å². The van der Waals surface area contributed by atoms with Crippen molar-refractivity contribution in [3.8, 4) is 5.75 Å². The molecule has 1 heterocycles. The lowest BCUT2D eigenvalue weighted by Gasteiger charge is -2.19. The Kier molecular flexibility index (Phi) is 2.72. The van der Waals surface area contributed by atoms with Gasteiger partial charge < -0.3 is 9.47 Å². The molecular formula is C12H12O3. The topological polar surface area (TPSA) is 35.5 Å². The van der Waals surface area contributed by atoms with E-state index in [4.69, 9.17) is 4.74 Å². The molecule has 1 aliphatic heterocycles. The zero-order chi connectivity index (χ0) is 10.7. The maximum absolute atomic E-state index is 11.0. The van der Waals surface area contributed by atoms with E-state index in [1.807, 2.05) is 24.3 Å². The Morgan fingerprint density at radius 1 is 1.47 bits per heavy atom. The van der Waals surface area contributed by atoms with Crippen LogP contribution in [0.15, 0.2) is 35.9 Å². The number of para-hydroxylation sites is 1. The quantitative estimate of drug-likeness (QED) is 0.516. The van der Waals surface area contributed by atoms with E-state index in [1.165, 1.54) is 13.2 Å². The number of esters is 1. The first-order chi connectivity index (χ1) is 7.29. The Morgan fingerprint density at radius 2 is 2.27 bits per heavy atom. The summed E-state index contributed by atoms with van der Waals surface area (Å²) in [4.78, 5) is 11.0. The number of ether oxygens (including phenoxy) is 2. The SMILES string of the molecule is COC(=O)/C=C1/COc2ccccc2C1. The number of fused-ring (bicyclic) bond motifs is 1. The number of methoxy groups -OCH3 is 1. The van der Waals surface area contributed by atoms with Crippen molar-refractivity contribution in [3.05, 3.63) is 41.5 Å². The Morgan fingerprint density at radius 3 is 3.07 bits per heavy atom. The van der Waals surface area contributed by atoms with Crippen LogP contribution in [0.1, 0.15) is 5.56 Å². The van der Waals surface area contributed by atoms with Gasteiger partial charge in [0, 0.05) is 12.5 Å². The van der Waals surface area contributed by atoms with Gasteiger partial charge in [0.25, 0.3) is 0 Å². The van der Waals surface area contributed by atoms with E-state index >= 15 is 0 Å². The molecule has 0 fully saturated rings. The Labute approximate surface area is 88.3 Å². The van der Waals surface area contributed by atoms with Gasteiger partial charge in [0.2, 0.25) is 0 Å². The zero-order valence-corrected chi connectivity index (χ0v) is 8.53. The Balaban J connectivity index is 2.19. The van der Waals surface area contributed by atoms with E-state index < -0.39 is 0 Å². The number of hydrogen-bond donors (Lipinski definition) is 0. The molecule has 0 aromatic heterocycles. The maximum atomic E-state index is 11.0. The average Bonchev–Trinajstić information content (AvgIpc) is 2.29. The van der Waals surface area contributed by atoms with Crippen molar-refractivity contribution < 1.29 is 14.3 Å². The largest absolute Gasteiger partial charge is 0.489 e. The van der Waals surface area contributed by atoms with Crippen molar-refractivity contribution in [2.24, 2.45) is 0 Å². The van der Waals surface area contributed by atoms with Crippen LogP contribution in [0.4, 0.5) is 0 Å². The molecule has 0 aliphatic carbocycles. The molecule has 0 spiro atoms. The molecule has 1 aliphatic rings. The predicted octanol–water partition coefficient (Wildman–Crippen LogP) is 1.72. The summed E-state index contributed by atoms with van der Waals surface area (Å²) in [6.45, 7) is 0.464. The van der Waals surface area contributed by atoms with Gasteiger partial charge in [-0.1, -0.05) is 18.2 Å². The minimum Gasteiger partial charge on any atom is -0.489 e. The minimum atomic E-state index is -0.326. The second kappa shape index (κ2) is 4.17. The maximum Gasteiger partial charge on any atom is 0.330 e. The highest BCUT2D eigenvalue weighted by Gasteiger charge is 2.14. The van der Waals surface area contributed by atoms with Gasteiger partial charge in [-0.3, -0.25) is 0 Å². The number of carbonyl (C=O) groups is 1. The van der Waals surface area contributed by atoms with Crippen LogP contribution in [-0.2, 0) is 16.0 Å². The molecule has 0 saturated carbocycles. The highest BCUT2D eigenvalue weighted by molar-refractivity contribution is 5.82. The molecule has 0 unspecified atom stereocenters. The first kappa shape index (κ1) is 9.77. The van der Waals surface area contributed by atoms with Crippen molar-refractivity contribution in [2.45, 2.75) is 6.42 Å². The smallest absolute Gasteiger partial charge is 0.330 e. The third-order valence-corrected chi connectivity index (χ3v) is 2.33. The molecule has 0 atom stereocenters. The summed E-state index contributed by atoms with van der Waals surface area (Å²) in [5.41, 5.74) is 2.06. The first-order valence-corrected chi connectivity index (χ1v) is 4.77. The molecule has 1 aromatic rings. The number of carbonyl (C=O) groups excluding carboxylic acids is 1. The lowest BCUT2D eigenvalue weighted by Crippen LogP contribution is -2.13. The van der Waals surface area contributed by atoms with Gasteiger partial charge in [-0.05, 0) is 17.2 Å². The summed E-state index contributed by atoms with van der Waals surface area (Å²) in [5.74, 6) is 0.576. The highest BCUT2D eigenvalue weighted by atomic mass is 16.5. The van der Waals surface area contributed by atoms with Crippen molar-refractivity contribution in [1.82, 2.24) is 0 Å². The zero-order valence-electron chi connectivity index (χ0n) is 8.53. The number of rotatable bonds is 1. The van der Waals surface area contributed by atoms with Gasteiger partial charge in [-0.2, -0.15) is 0 Å². The molecular weight excluding hydrogens is 192 g/mol. The van der Waals surface area contributed by atoms with Crippen LogP contribution in [0.2, 0.25) is 0 Å². The second-order valence-corrected chi connectivity index (χ2v) is 3.40. The van der Waals surface area contributed by atoms with Gasteiger partial charge in [0.15, 0.2) is 0 Å². The summed E-state index contributed by atoms with van der Waals surface area (Å²) >= 11 is 0. The second-order valence-electron chi connectivity index (χ2n) is 3.40. The average molecular weight is 204 g/mol. The monoisotopic (exact) mass is 204 g/mol. The molecule has 0 bridgehead atoms. The molecule has 1 aromatic carbocycles. The predicted molar refractivity (Wildman–Crippen MR) is 55.7 cm³/mol. The minimum absolute atomic E-state index is 0.326. The lowest BCUT2D eigenvalue weighted by atomic mass is 10.0. The fourth-order valence-electron chi connectivity index (χ4n) is 1.58. The van der Waals surface area contributed by atoms with Crippen LogP contribution in [0, 0.1) is 0 Å². The number of hydrogen-bond acceptors (Lipinski definition) is 3. The molecule has 0 N–H and O–H groups in total. The van der Waals surface area contributed by atoms with Gasteiger partial charge >= 0.3 is 5.97 Å². The Bertz CT molecular complexity index is 407. The summed E-state index contributed by atoms with van der Waals surface area (Å²) in [5, 5.41) is 0. The van der Waals surface area contributed by atoms with Crippen molar-refractivity contribution in [2.75, 3.05) is 13.7 Å². The molecule has 3 heteroatoms. The van der Waals surface area contributed by atoms with Gasteiger partial charge in [-0.25, -0.2) is 4.79 Å². The molecule has 2 rings (SSSR count). The van der Waals surface area contributed by atoms with Crippen LogP contribution >= 0.6 is 0 Å². The van der Waals surface area contributed by atoms with Crippen LogP contribution < -0.4 is 4.74 Å². The van der Waals surface area contributed by atoms with Gasteiger partial charge in [-0.15, -0.1) is 0 Å². The normalized spacial score (nSPS) is 16.7. The Hall–Kier alpha value is -1.77. The highest BCUT2D eigenvalue weighted by Crippen LogP contribution is 2.26. The van der Waals surface area contributed by atoms with E-state index in [0.717, 1.165) is 23.3 Å². The van der Waals surface area contributed by atoms with Crippen LogP contribution in [0.25, 0.3) is 0 Å². The van der Waals surface area contributed by atoms with E-state index in [-0.39, 0.29) is 5.97 Å². The van der Waals surface area contributed by atoms with E-state index in [9.17, 15) is 4.79 Å². The number of benzene rings is 1.